The lowest BCUT2D eigenvalue weighted by molar-refractivity contribution is 0.628. The molecule has 0 saturated heterocycles. The summed E-state index contributed by atoms with van der Waals surface area (Å²) in [6.45, 7) is 4.07. The molecule has 0 aromatic heterocycles. The number of nitrogen functional groups attached to an aromatic ring is 1. The summed E-state index contributed by atoms with van der Waals surface area (Å²) in [5.41, 5.74) is 15.6. The Morgan fingerprint density at radius 2 is 1.06 bits per heavy atom. The molecular weight excluding hydrogens is 431 g/mol. The quantitative estimate of drug-likeness (QED) is 0.263. The number of anilines is 3. The van der Waals surface area contributed by atoms with Crippen molar-refractivity contribution < 1.29 is 4.39 Å². The standard InChI is InChI=1S/C19H16FN.C13H13N/c1-14-7-8-16(15-5-3-2-4-6-15)13-19(14)21-18-11-9-17(20)10-12-18;1-10-7-8-12(9-13(10)14)11-5-3-2-4-6-11/h2-13,21H,1H3;2-9H,14H2,1H3. The maximum atomic E-state index is 13.0. The van der Waals surface area contributed by atoms with Gasteiger partial charge in [0.15, 0.2) is 0 Å². The van der Waals surface area contributed by atoms with Crippen LogP contribution in [0.2, 0.25) is 0 Å². The smallest absolute Gasteiger partial charge is 0.123 e. The van der Waals surface area contributed by atoms with Gasteiger partial charge in [0.25, 0.3) is 0 Å². The van der Waals surface area contributed by atoms with Crippen LogP contribution in [-0.4, -0.2) is 0 Å². The molecule has 2 nitrogen and oxygen atoms in total. The maximum Gasteiger partial charge on any atom is 0.123 e. The lowest BCUT2D eigenvalue weighted by Gasteiger charge is -2.12. The fourth-order valence-corrected chi connectivity index (χ4v) is 3.71. The van der Waals surface area contributed by atoms with Crippen molar-refractivity contribution in [3.8, 4) is 22.3 Å². The maximum absolute atomic E-state index is 13.0. The van der Waals surface area contributed by atoms with Crippen LogP contribution in [0.25, 0.3) is 22.3 Å². The molecule has 0 saturated carbocycles. The van der Waals surface area contributed by atoms with Gasteiger partial charge in [-0.1, -0.05) is 84.9 Å². The predicted molar refractivity (Wildman–Crippen MR) is 147 cm³/mol. The van der Waals surface area contributed by atoms with Crippen molar-refractivity contribution in [2.45, 2.75) is 13.8 Å². The third-order valence-corrected chi connectivity index (χ3v) is 5.85. The summed E-state index contributed by atoms with van der Waals surface area (Å²) in [5.74, 6) is -0.227. The van der Waals surface area contributed by atoms with Gasteiger partial charge in [0.05, 0.1) is 0 Å². The molecule has 0 aliphatic carbocycles. The van der Waals surface area contributed by atoms with Gasteiger partial charge in [-0.05, 0) is 83.6 Å². The summed E-state index contributed by atoms with van der Waals surface area (Å²) in [6.07, 6.45) is 0. The molecule has 0 spiro atoms. The highest BCUT2D eigenvalue weighted by atomic mass is 19.1. The molecule has 35 heavy (non-hydrogen) atoms. The summed E-state index contributed by atoms with van der Waals surface area (Å²) < 4.78 is 13.0. The summed E-state index contributed by atoms with van der Waals surface area (Å²) in [4.78, 5) is 0. The highest BCUT2D eigenvalue weighted by Crippen LogP contribution is 2.28. The van der Waals surface area contributed by atoms with Crippen LogP contribution < -0.4 is 11.1 Å². The first-order valence-electron chi connectivity index (χ1n) is 11.6. The van der Waals surface area contributed by atoms with Crippen molar-refractivity contribution in [1.82, 2.24) is 0 Å². The summed E-state index contributed by atoms with van der Waals surface area (Å²) in [6, 6.07) is 39.4. The Morgan fingerprint density at radius 1 is 0.543 bits per heavy atom. The third kappa shape index (κ3) is 6.36. The summed E-state index contributed by atoms with van der Waals surface area (Å²) >= 11 is 0. The zero-order valence-corrected chi connectivity index (χ0v) is 20.0. The van der Waals surface area contributed by atoms with Crippen molar-refractivity contribution in [2.75, 3.05) is 11.1 Å². The van der Waals surface area contributed by atoms with Crippen molar-refractivity contribution >= 4 is 17.1 Å². The molecule has 0 radical (unpaired) electrons. The van der Waals surface area contributed by atoms with E-state index in [0.717, 1.165) is 33.8 Å². The highest BCUT2D eigenvalue weighted by Gasteiger charge is 2.03. The number of hydrogen-bond acceptors (Lipinski definition) is 2. The zero-order valence-electron chi connectivity index (χ0n) is 20.0. The van der Waals surface area contributed by atoms with Crippen LogP contribution in [0, 0.1) is 19.7 Å². The van der Waals surface area contributed by atoms with Gasteiger partial charge in [-0.15, -0.1) is 0 Å². The average molecular weight is 461 g/mol. The van der Waals surface area contributed by atoms with E-state index in [1.807, 2.05) is 49.4 Å². The zero-order chi connectivity index (χ0) is 24.6. The lowest BCUT2D eigenvalue weighted by atomic mass is 10.0. The van der Waals surface area contributed by atoms with E-state index in [9.17, 15) is 4.39 Å². The first-order valence-corrected chi connectivity index (χ1v) is 11.6. The topological polar surface area (TPSA) is 38.0 Å². The fourth-order valence-electron chi connectivity index (χ4n) is 3.71. The number of nitrogens with one attached hydrogen (secondary N) is 1. The Bertz CT molecular complexity index is 1380. The van der Waals surface area contributed by atoms with E-state index in [4.69, 9.17) is 5.73 Å². The molecular formula is C32H29FN2. The molecule has 3 heteroatoms. The van der Waals surface area contributed by atoms with E-state index in [2.05, 4.69) is 66.8 Å². The van der Waals surface area contributed by atoms with Gasteiger partial charge in [-0.2, -0.15) is 0 Å². The van der Waals surface area contributed by atoms with Crippen molar-refractivity contribution in [1.29, 1.82) is 0 Å². The Labute approximate surface area is 206 Å². The molecule has 5 aromatic rings. The van der Waals surface area contributed by atoms with Gasteiger partial charge in [-0.3, -0.25) is 0 Å². The average Bonchev–Trinajstić information content (AvgIpc) is 2.90. The molecule has 5 aromatic carbocycles. The van der Waals surface area contributed by atoms with Crippen LogP contribution in [0.5, 0.6) is 0 Å². The molecule has 5 rings (SSSR count). The molecule has 0 aliphatic rings. The number of hydrogen-bond donors (Lipinski definition) is 2. The van der Waals surface area contributed by atoms with Crippen LogP contribution in [0.1, 0.15) is 11.1 Å². The first kappa shape index (κ1) is 23.8. The summed E-state index contributed by atoms with van der Waals surface area (Å²) in [5, 5.41) is 3.34. The van der Waals surface area contributed by atoms with Gasteiger partial charge in [-0.25, -0.2) is 4.39 Å². The predicted octanol–water partition coefficient (Wildman–Crippen LogP) is 8.79. The van der Waals surface area contributed by atoms with Crippen molar-refractivity contribution in [3.05, 3.63) is 138 Å². The molecule has 174 valence electrons. The minimum Gasteiger partial charge on any atom is -0.398 e. The van der Waals surface area contributed by atoms with E-state index >= 15 is 0 Å². The van der Waals surface area contributed by atoms with Crippen LogP contribution in [0.3, 0.4) is 0 Å². The summed E-state index contributed by atoms with van der Waals surface area (Å²) in [7, 11) is 0. The fraction of sp³-hybridized carbons (Fsp3) is 0.0625. The molecule has 0 amide bonds. The third-order valence-electron chi connectivity index (χ3n) is 5.85. The van der Waals surface area contributed by atoms with E-state index in [1.165, 1.54) is 28.8 Å². The van der Waals surface area contributed by atoms with E-state index < -0.39 is 0 Å². The number of halogens is 1. The Balaban J connectivity index is 0.000000179. The second-order valence-corrected chi connectivity index (χ2v) is 8.47. The number of aryl methyl sites for hydroxylation is 2. The monoisotopic (exact) mass is 460 g/mol. The van der Waals surface area contributed by atoms with Crippen LogP contribution in [0.15, 0.2) is 121 Å². The molecule has 0 aliphatic heterocycles. The van der Waals surface area contributed by atoms with Gasteiger partial charge >= 0.3 is 0 Å². The van der Waals surface area contributed by atoms with E-state index in [0.29, 0.717) is 0 Å². The minimum atomic E-state index is -0.227. The van der Waals surface area contributed by atoms with E-state index in [-0.39, 0.29) is 5.82 Å². The highest BCUT2D eigenvalue weighted by molar-refractivity contribution is 5.73. The van der Waals surface area contributed by atoms with Gasteiger partial charge < -0.3 is 11.1 Å². The number of rotatable bonds is 4. The van der Waals surface area contributed by atoms with E-state index in [1.54, 1.807) is 12.1 Å². The molecule has 0 heterocycles. The molecule has 0 bridgehead atoms. The number of nitrogens with two attached hydrogens (primary N) is 1. The number of benzene rings is 5. The van der Waals surface area contributed by atoms with Crippen LogP contribution in [0.4, 0.5) is 21.5 Å². The van der Waals surface area contributed by atoms with Gasteiger partial charge in [0, 0.05) is 17.1 Å². The van der Waals surface area contributed by atoms with Crippen LogP contribution >= 0.6 is 0 Å². The second-order valence-electron chi connectivity index (χ2n) is 8.47. The van der Waals surface area contributed by atoms with Gasteiger partial charge in [0.2, 0.25) is 0 Å². The largest absolute Gasteiger partial charge is 0.398 e. The molecule has 0 unspecified atom stereocenters. The van der Waals surface area contributed by atoms with Crippen LogP contribution in [-0.2, 0) is 0 Å². The van der Waals surface area contributed by atoms with Crippen molar-refractivity contribution in [2.24, 2.45) is 0 Å². The minimum absolute atomic E-state index is 0.227. The molecule has 0 atom stereocenters. The van der Waals surface area contributed by atoms with Crippen molar-refractivity contribution in [3.63, 3.8) is 0 Å². The second kappa shape index (κ2) is 11.2. The lowest BCUT2D eigenvalue weighted by Crippen LogP contribution is -1.94. The first-order chi connectivity index (χ1) is 17.0. The Morgan fingerprint density at radius 3 is 1.60 bits per heavy atom. The Kier molecular flexibility index (Phi) is 7.59. The normalized spacial score (nSPS) is 10.3. The molecule has 3 N–H and O–H groups in total. The van der Waals surface area contributed by atoms with Gasteiger partial charge in [0.1, 0.15) is 5.82 Å². The Hall–Kier alpha value is -4.37. The molecule has 0 fully saturated rings. The SMILES string of the molecule is Cc1ccc(-c2ccccc2)cc1N.Cc1ccc(-c2ccccc2)cc1Nc1ccc(F)cc1.